The van der Waals surface area contributed by atoms with Gasteiger partial charge < -0.3 is 8.83 Å². The third kappa shape index (κ3) is 2.01. The highest BCUT2D eigenvalue weighted by Crippen LogP contribution is 2.30. The van der Waals surface area contributed by atoms with Gasteiger partial charge in [0.1, 0.15) is 17.1 Å². The van der Waals surface area contributed by atoms with Crippen molar-refractivity contribution in [2.45, 2.75) is 0 Å². The normalized spacial score (nSPS) is 11.1. The second-order valence-electron chi connectivity index (χ2n) is 4.66. The Hall–Kier alpha value is -2.88. The molecule has 0 aliphatic heterocycles. The molecule has 2 aromatic carbocycles. The number of hydrogen-bond acceptors (Lipinski definition) is 3. The summed E-state index contributed by atoms with van der Waals surface area (Å²) in [6.45, 7) is 0. The van der Waals surface area contributed by atoms with Crippen molar-refractivity contribution in [2.24, 2.45) is 0 Å². The molecule has 4 heteroatoms. The zero-order chi connectivity index (χ0) is 14.2. The summed E-state index contributed by atoms with van der Waals surface area (Å²) in [6.07, 6.45) is 1.58. The number of hydrogen-bond donors (Lipinski definition) is 0. The number of aromatic nitrogens is 1. The predicted octanol–water partition coefficient (Wildman–Crippen LogP) is 4.89. The van der Waals surface area contributed by atoms with E-state index < -0.39 is 0 Å². The summed E-state index contributed by atoms with van der Waals surface area (Å²) in [5.74, 6) is 0.561. The van der Waals surface area contributed by atoms with Crippen LogP contribution >= 0.6 is 0 Å². The Labute approximate surface area is 119 Å². The van der Waals surface area contributed by atoms with E-state index in [1.807, 2.05) is 24.3 Å². The summed E-state index contributed by atoms with van der Waals surface area (Å²) < 4.78 is 25.1. The van der Waals surface area contributed by atoms with Crippen molar-refractivity contribution in [1.82, 2.24) is 4.98 Å². The van der Waals surface area contributed by atoms with Crippen molar-refractivity contribution in [3.63, 3.8) is 0 Å². The fourth-order valence-electron chi connectivity index (χ4n) is 2.27. The average molecular weight is 279 g/mol. The molecule has 0 N–H and O–H groups in total. The molecule has 21 heavy (non-hydrogen) atoms. The Morgan fingerprint density at radius 1 is 0.952 bits per heavy atom. The first-order valence-electron chi connectivity index (χ1n) is 6.50. The van der Waals surface area contributed by atoms with Crippen molar-refractivity contribution < 1.29 is 13.2 Å². The molecule has 102 valence electrons. The Kier molecular flexibility index (Phi) is 2.60. The number of rotatable bonds is 2. The van der Waals surface area contributed by atoms with E-state index >= 15 is 0 Å². The molecule has 3 nitrogen and oxygen atoms in total. The number of para-hydroxylation sites is 2. The quantitative estimate of drug-likeness (QED) is 0.524. The van der Waals surface area contributed by atoms with Crippen LogP contribution in [0.15, 0.2) is 69.7 Å². The average Bonchev–Trinajstić information content (AvgIpc) is 3.17. The van der Waals surface area contributed by atoms with Crippen LogP contribution in [0.5, 0.6) is 0 Å². The molecular formula is C17H10FNO2. The van der Waals surface area contributed by atoms with E-state index in [9.17, 15) is 4.39 Å². The van der Waals surface area contributed by atoms with Crippen LogP contribution in [0.3, 0.4) is 0 Å². The molecule has 4 aromatic rings. The number of oxazole rings is 1. The van der Waals surface area contributed by atoms with Gasteiger partial charge in [0, 0.05) is 5.56 Å². The standard InChI is InChI=1S/C17H10FNO2/c18-13-8-7-11(15-6-3-9-20-15)10-12(13)17-19-14-4-1-2-5-16(14)21-17/h1-10H. The zero-order valence-electron chi connectivity index (χ0n) is 10.9. The number of furan rings is 1. The van der Waals surface area contributed by atoms with Gasteiger partial charge in [0.25, 0.3) is 0 Å². The predicted molar refractivity (Wildman–Crippen MR) is 77.1 cm³/mol. The highest BCUT2D eigenvalue weighted by Gasteiger charge is 2.14. The van der Waals surface area contributed by atoms with Gasteiger partial charge >= 0.3 is 0 Å². The van der Waals surface area contributed by atoms with Crippen LogP contribution in [-0.4, -0.2) is 4.98 Å². The van der Waals surface area contributed by atoms with Crippen LogP contribution in [0.4, 0.5) is 4.39 Å². The maximum atomic E-state index is 14.1. The van der Waals surface area contributed by atoms with Gasteiger partial charge in [-0.25, -0.2) is 9.37 Å². The van der Waals surface area contributed by atoms with Crippen molar-refractivity contribution in [1.29, 1.82) is 0 Å². The van der Waals surface area contributed by atoms with Gasteiger partial charge in [-0.05, 0) is 42.5 Å². The van der Waals surface area contributed by atoms with Gasteiger partial charge in [-0.1, -0.05) is 12.1 Å². The van der Waals surface area contributed by atoms with Crippen LogP contribution in [0, 0.1) is 5.82 Å². The molecule has 0 fully saturated rings. The van der Waals surface area contributed by atoms with Crippen LogP contribution < -0.4 is 0 Å². The third-order valence-corrected chi connectivity index (χ3v) is 3.30. The SMILES string of the molecule is Fc1ccc(-c2ccco2)cc1-c1nc2ccccc2o1. The van der Waals surface area contributed by atoms with Crippen molar-refractivity contribution >= 4 is 11.1 Å². The van der Waals surface area contributed by atoms with Gasteiger partial charge in [0.05, 0.1) is 11.8 Å². The minimum atomic E-state index is -0.378. The second kappa shape index (κ2) is 4.59. The number of fused-ring (bicyclic) bond motifs is 1. The number of nitrogens with zero attached hydrogens (tertiary/aromatic N) is 1. The van der Waals surface area contributed by atoms with Crippen LogP contribution in [0.2, 0.25) is 0 Å². The van der Waals surface area contributed by atoms with E-state index in [-0.39, 0.29) is 11.7 Å². The second-order valence-corrected chi connectivity index (χ2v) is 4.66. The fraction of sp³-hybridized carbons (Fsp3) is 0. The first kappa shape index (κ1) is 11.9. The maximum Gasteiger partial charge on any atom is 0.230 e. The summed E-state index contributed by atoms with van der Waals surface area (Å²) in [5, 5.41) is 0. The molecule has 0 aliphatic carbocycles. The molecule has 2 aromatic heterocycles. The van der Waals surface area contributed by atoms with Gasteiger partial charge in [-0.2, -0.15) is 0 Å². The molecule has 0 radical (unpaired) electrons. The molecule has 0 amide bonds. The van der Waals surface area contributed by atoms with E-state index in [4.69, 9.17) is 8.83 Å². The van der Waals surface area contributed by atoms with Gasteiger partial charge in [0.2, 0.25) is 5.89 Å². The lowest BCUT2D eigenvalue weighted by atomic mass is 10.1. The molecule has 0 spiro atoms. The summed E-state index contributed by atoms with van der Waals surface area (Å²) in [6, 6.07) is 15.7. The summed E-state index contributed by atoms with van der Waals surface area (Å²) in [4.78, 5) is 4.33. The Bertz CT molecular complexity index is 877. The van der Waals surface area contributed by atoms with Crippen LogP contribution in [0.1, 0.15) is 0 Å². The fourth-order valence-corrected chi connectivity index (χ4v) is 2.27. The summed E-state index contributed by atoms with van der Waals surface area (Å²) in [7, 11) is 0. The first-order valence-corrected chi connectivity index (χ1v) is 6.50. The lowest BCUT2D eigenvalue weighted by Gasteiger charge is -2.01. The summed E-state index contributed by atoms with van der Waals surface area (Å²) in [5.41, 5.74) is 2.43. The molecular weight excluding hydrogens is 269 g/mol. The highest BCUT2D eigenvalue weighted by molar-refractivity contribution is 5.77. The van der Waals surface area contributed by atoms with Crippen LogP contribution in [-0.2, 0) is 0 Å². The minimum Gasteiger partial charge on any atom is -0.464 e. The third-order valence-electron chi connectivity index (χ3n) is 3.30. The Balaban J connectivity index is 1.89. The van der Waals surface area contributed by atoms with E-state index in [0.717, 1.165) is 5.56 Å². The van der Waals surface area contributed by atoms with E-state index in [0.29, 0.717) is 22.4 Å². The largest absolute Gasteiger partial charge is 0.464 e. The van der Waals surface area contributed by atoms with Crippen molar-refractivity contribution in [3.8, 4) is 22.8 Å². The van der Waals surface area contributed by atoms with Crippen molar-refractivity contribution in [3.05, 3.63) is 66.7 Å². The van der Waals surface area contributed by atoms with E-state index in [2.05, 4.69) is 4.98 Å². The molecule has 2 heterocycles. The monoisotopic (exact) mass is 279 g/mol. The maximum absolute atomic E-state index is 14.1. The molecule has 0 saturated heterocycles. The molecule has 0 atom stereocenters. The lowest BCUT2D eigenvalue weighted by Crippen LogP contribution is -1.86. The molecule has 0 unspecified atom stereocenters. The van der Waals surface area contributed by atoms with Gasteiger partial charge in [-0.15, -0.1) is 0 Å². The Morgan fingerprint density at radius 3 is 2.67 bits per heavy atom. The zero-order valence-corrected chi connectivity index (χ0v) is 10.9. The smallest absolute Gasteiger partial charge is 0.230 e. The number of halogens is 1. The van der Waals surface area contributed by atoms with Crippen molar-refractivity contribution in [2.75, 3.05) is 0 Å². The molecule has 0 aliphatic rings. The number of benzene rings is 2. The summed E-state index contributed by atoms with van der Waals surface area (Å²) >= 11 is 0. The highest BCUT2D eigenvalue weighted by atomic mass is 19.1. The molecule has 0 saturated carbocycles. The first-order chi connectivity index (χ1) is 10.3. The molecule has 0 bridgehead atoms. The van der Waals surface area contributed by atoms with Gasteiger partial charge in [-0.3, -0.25) is 0 Å². The Morgan fingerprint density at radius 2 is 1.86 bits per heavy atom. The van der Waals surface area contributed by atoms with E-state index in [1.54, 1.807) is 30.5 Å². The topological polar surface area (TPSA) is 39.2 Å². The lowest BCUT2D eigenvalue weighted by molar-refractivity contribution is 0.580. The molecule has 4 rings (SSSR count). The minimum absolute atomic E-state index is 0.266. The van der Waals surface area contributed by atoms with E-state index in [1.165, 1.54) is 6.07 Å². The van der Waals surface area contributed by atoms with Crippen LogP contribution in [0.25, 0.3) is 33.9 Å². The van der Waals surface area contributed by atoms with Gasteiger partial charge in [0.15, 0.2) is 5.58 Å².